The third kappa shape index (κ3) is 8.66. The zero-order chi connectivity index (χ0) is 37.1. The maximum absolute atomic E-state index is 14.8. The molecule has 6 rings (SSSR count). The third-order valence-electron chi connectivity index (χ3n) is 9.89. The van der Waals surface area contributed by atoms with Crippen molar-refractivity contribution < 1.29 is 17.9 Å². The molecule has 0 amide bonds. The number of methoxy groups -OCH3 is 1. The van der Waals surface area contributed by atoms with Crippen LogP contribution in [0.15, 0.2) is 193 Å². The van der Waals surface area contributed by atoms with Crippen molar-refractivity contribution in [1.29, 1.82) is 0 Å². The Morgan fingerprint density at radius 2 is 1.06 bits per heavy atom. The Balaban J connectivity index is 1.59. The molecule has 2 atom stereocenters. The van der Waals surface area contributed by atoms with Gasteiger partial charge in [0.15, 0.2) is 8.07 Å². The Kier molecular flexibility index (Phi) is 12.3. The number of nitrogens with zero attached hydrogens (tertiary/aromatic N) is 1. The Morgan fingerprint density at radius 1 is 0.623 bits per heavy atom. The maximum Gasteiger partial charge on any atom is 0.305 e. The molecule has 0 spiro atoms. The summed E-state index contributed by atoms with van der Waals surface area (Å²) in [5.41, 5.74) is 2.51. The predicted octanol–water partition coefficient (Wildman–Crippen LogP) is 7.46. The van der Waals surface area contributed by atoms with Crippen LogP contribution < -0.4 is 15.6 Å². The normalized spacial score (nSPS) is 13.1. The van der Waals surface area contributed by atoms with Gasteiger partial charge in [-0.1, -0.05) is 182 Å². The molecule has 6 aromatic rings. The number of esters is 1. The van der Waals surface area contributed by atoms with Crippen LogP contribution in [0.3, 0.4) is 0 Å². The molecule has 0 aromatic heterocycles. The van der Waals surface area contributed by atoms with Crippen molar-refractivity contribution in [3.63, 3.8) is 0 Å². The molecular weight excluding hydrogens is 691 g/mol. The molecule has 0 bridgehead atoms. The first-order valence-electron chi connectivity index (χ1n) is 17.9. The quantitative estimate of drug-likeness (QED) is 0.0476. The Morgan fingerprint density at radius 3 is 1.51 bits per heavy atom. The number of ether oxygens (including phenoxy) is 1. The number of hydrogen-bond donors (Lipinski definition) is 0. The van der Waals surface area contributed by atoms with Gasteiger partial charge in [0.1, 0.15) is 0 Å². The summed E-state index contributed by atoms with van der Waals surface area (Å²) < 4.78 is 36.7. The van der Waals surface area contributed by atoms with Gasteiger partial charge in [0, 0.05) is 12.6 Å². The number of benzene rings is 6. The lowest BCUT2D eigenvalue weighted by Crippen LogP contribution is -2.69. The van der Waals surface area contributed by atoms with Crippen LogP contribution in [0.25, 0.3) is 0 Å². The third-order valence-corrected chi connectivity index (χ3v) is 17.0. The van der Waals surface area contributed by atoms with E-state index in [0.29, 0.717) is 6.42 Å². The van der Waals surface area contributed by atoms with Gasteiger partial charge in [0.2, 0.25) is 10.0 Å². The standard InChI is InChI=1S/C46H45NO4SSi/c1-37-28-31-41(32-29-37)52(49,50)47(36-39-20-10-4-11-21-39)40(34-38-18-8-3-9-19-38)30-33-45(35-46(48)51-2)53(42-22-12-5-13-23-42,43-24-14-6-15-25-43)44-26-16-7-17-27-44/h3-33,40,45H,34-36H2,1-2H3/b33-30+/t40-,45-/m1/s1. The number of sulfonamides is 1. The highest BCUT2D eigenvalue weighted by Crippen LogP contribution is 2.31. The number of allylic oxidation sites excluding steroid dienone is 1. The fourth-order valence-corrected chi connectivity index (χ4v) is 14.1. The highest BCUT2D eigenvalue weighted by atomic mass is 32.2. The lowest BCUT2D eigenvalue weighted by atomic mass is 10.0. The summed E-state index contributed by atoms with van der Waals surface area (Å²) in [6.45, 7) is 2.11. The van der Waals surface area contributed by atoms with Crippen LogP contribution in [-0.2, 0) is 32.5 Å². The monoisotopic (exact) mass is 735 g/mol. The second-order valence-electron chi connectivity index (χ2n) is 13.3. The molecule has 0 aliphatic rings. The van der Waals surface area contributed by atoms with E-state index in [9.17, 15) is 13.2 Å². The molecule has 268 valence electrons. The second-order valence-corrected chi connectivity index (χ2v) is 19.3. The molecule has 0 fully saturated rings. The van der Waals surface area contributed by atoms with Crippen molar-refractivity contribution in [3.05, 3.63) is 205 Å². The molecule has 0 unspecified atom stereocenters. The minimum Gasteiger partial charge on any atom is -0.469 e. The summed E-state index contributed by atoms with van der Waals surface area (Å²) in [7, 11) is -5.65. The van der Waals surface area contributed by atoms with Crippen LogP contribution in [0.2, 0.25) is 5.54 Å². The molecule has 5 nitrogen and oxygen atoms in total. The minimum absolute atomic E-state index is 0.110. The van der Waals surface area contributed by atoms with Crippen molar-refractivity contribution in [2.75, 3.05) is 7.11 Å². The van der Waals surface area contributed by atoms with Crippen molar-refractivity contribution >= 4 is 39.6 Å². The van der Waals surface area contributed by atoms with Gasteiger partial charge in [-0.2, -0.15) is 4.31 Å². The van der Waals surface area contributed by atoms with Gasteiger partial charge < -0.3 is 4.74 Å². The lowest BCUT2D eigenvalue weighted by molar-refractivity contribution is -0.140. The second kappa shape index (κ2) is 17.4. The van der Waals surface area contributed by atoms with E-state index in [1.807, 2.05) is 104 Å². The number of carbonyl (C=O) groups is 1. The van der Waals surface area contributed by atoms with E-state index in [2.05, 4.69) is 78.9 Å². The molecule has 7 heteroatoms. The number of rotatable bonds is 15. The molecule has 0 radical (unpaired) electrons. The molecule has 0 saturated heterocycles. The highest BCUT2D eigenvalue weighted by molar-refractivity contribution is 7.89. The van der Waals surface area contributed by atoms with Gasteiger partial charge in [-0.25, -0.2) is 8.42 Å². The number of hydrogen-bond acceptors (Lipinski definition) is 4. The summed E-state index contributed by atoms with van der Waals surface area (Å²) in [5, 5.41) is 3.43. The van der Waals surface area contributed by atoms with Gasteiger partial charge >= 0.3 is 5.97 Å². The van der Waals surface area contributed by atoms with E-state index >= 15 is 0 Å². The van der Waals surface area contributed by atoms with Gasteiger partial charge in [-0.15, -0.1) is 0 Å². The summed E-state index contributed by atoms with van der Waals surface area (Å²) in [5.74, 6) is -0.327. The number of aryl methyl sites for hydroxylation is 1. The van der Waals surface area contributed by atoms with Crippen molar-refractivity contribution in [1.82, 2.24) is 4.31 Å². The molecule has 0 aliphatic heterocycles. The summed E-state index contributed by atoms with van der Waals surface area (Å²) in [6, 6.07) is 57.4. The van der Waals surface area contributed by atoms with E-state index in [-0.39, 0.29) is 29.4 Å². The number of carbonyl (C=O) groups excluding carboxylic acids is 1. The van der Waals surface area contributed by atoms with Crippen molar-refractivity contribution in [2.45, 2.75) is 42.8 Å². The van der Waals surface area contributed by atoms with E-state index in [0.717, 1.165) is 32.3 Å². The van der Waals surface area contributed by atoms with Crippen LogP contribution in [0.1, 0.15) is 23.1 Å². The van der Waals surface area contributed by atoms with E-state index in [1.165, 1.54) is 7.11 Å². The molecule has 53 heavy (non-hydrogen) atoms. The summed E-state index contributed by atoms with van der Waals surface area (Å²) in [6.07, 6.45) is 4.69. The fraction of sp³-hybridized carbons (Fsp3) is 0.152. The van der Waals surface area contributed by atoms with Gasteiger partial charge in [0.25, 0.3) is 0 Å². The zero-order valence-electron chi connectivity index (χ0n) is 30.2. The molecule has 0 heterocycles. The Hall–Kier alpha value is -5.34. The van der Waals surface area contributed by atoms with Crippen LogP contribution in [0, 0.1) is 6.92 Å². The van der Waals surface area contributed by atoms with Gasteiger partial charge in [-0.05, 0) is 57.7 Å². The minimum atomic E-state index is -4.00. The zero-order valence-corrected chi connectivity index (χ0v) is 32.0. The average Bonchev–Trinajstić information content (AvgIpc) is 3.21. The molecule has 0 N–H and O–H groups in total. The summed E-state index contributed by atoms with van der Waals surface area (Å²) in [4.78, 5) is 13.7. The molecule has 6 aromatic carbocycles. The van der Waals surface area contributed by atoms with E-state index in [1.54, 1.807) is 16.4 Å². The Bertz CT molecular complexity index is 2080. The fourth-order valence-electron chi connectivity index (χ4n) is 7.25. The van der Waals surface area contributed by atoms with Crippen molar-refractivity contribution in [2.24, 2.45) is 0 Å². The first kappa shape index (κ1) is 37.4. The average molecular weight is 736 g/mol. The van der Waals surface area contributed by atoms with Gasteiger partial charge in [-0.3, -0.25) is 4.79 Å². The Labute approximate surface area is 315 Å². The van der Waals surface area contributed by atoms with E-state index < -0.39 is 24.1 Å². The first-order chi connectivity index (χ1) is 25.8. The van der Waals surface area contributed by atoms with Crippen LogP contribution >= 0.6 is 0 Å². The molecule has 0 aliphatic carbocycles. The van der Waals surface area contributed by atoms with Crippen LogP contribution in [-0.4, -0.2) is 39.9 Å². The predicted molar refractivity (Wildman–Crippen MR) is 218 cm³/mol. The topological polar surface area (TPSA) is 63.7 Å². The lowest BCUT2D eigenvalue weighted by Gasteiger charge is -2.39. The smallest absolute Gasteiger partial charge is 0.305 e. The first-order valence-corrected chi connectivity index (χ1v) is 21.4. The molecule has 0 saturated carbocycles. The SMILES string of the molecule is COC(=O)C[C@@H](/C=C/[C@H](Cc1ccccc1)N(Cc1ccccc1)S(=O)(=O)c1ccc(C)cc1)[Si](c1ccccc1)(c1ccccc1)c1ccccc1. The van der Waals surface area contributed by atoms with Gasteiger partial charge in [0.05, 0.1) is 18.4 Å². The highest BCUT2D eigenvalue weighted by Gasteiger charge is 2.46. The molecular formula is C46H45NO4SSi. The van der Waals surface area contributed by atoms with Crippen LogP contribution in [0.4, 0.5) is 0 Å². The van der Waals surface area contributed by atoms with Crippen molar-refractivity contribution in [3.8, 4) is 0 Å². The maximum atomic E-state index is 14.8. The summed E-state index contributed by atoms with van der Waals surface area (Å²) >= 11 is 0. The largest absolute Gasteiger partial charge is 0.469 e. The van der Waals surface area contributed by atoms with Crippen LogP contribution in [0.5, 0.6) is 0 Å². The van der Waals surface area contributed by atoms with E-state index in [4.69, 9.17) is 4.74 Å².